The van der Waals surface area contributed by atoms with Gasteiger partial charge in [0.05, 0.1) is 12.1 Å². The summed E-state index contributed by atoms with van der Waals surface area (Å²) in [6, 6.07) is 8.39. The first-order valence-corrected chi connectivity index (χ1v) is 6.54. The smallest absolute Gasteiger partial charge is 0.255 e. The van der Waals surface area contributed by atoms with Crippen molar-refractivity contribution in [1.29, 1.82) is 0 Å². The Hall–Kier alpha value is -1.59. The lowest BCUT2D eigenvalue weighted by Crippen LogP contribution is -2.13. The molecule has 0 saturated heterocycles. The van der Waals surface area contributed by atoms with Crippen LogP contribution in [0.1, 0.15) is 10.4 Å². The molecule has 0 aliphatic carbocycles. The number of methoxy groups -OCH3 is 1. The van der Waals surface area contributed by atoms with Gasteiger partial charge in [0.1, 0.15) is 5.69 Å². The Morgan fingerprint density at radius 2 is 2.21 bits per heavy atom. The fraction of sp³-hybridized carbons (Fsp3) is 0.0769. The Kier molecular flexibility index (Phi) is 4.39. The zero-order chi connectivity index (χ0) is 13.8. The number of carbonyl (C=O) groups is 1. The molecule has 1 amide bonds. The molecule has 1 aromatic carbocycles. The standard InChI is InChI=1S/C13H10BrClN2O2/c1-19-13-11(3-2-6-16-13)17-12(18)8-4-5-10(15)9(14)7-8/h2-7H,1H3,(H,17,18). The summed E-state index contributed by atoms with van der Waals surface area (Å²) < 4.78 is 5.74. The van der Waals surface area contributed by atoms with Gasteiger partial charge in [-0.2, -0.15) is 0 Å². The Labute approximate surface area is 123 Å². The third kappa shape index (κ3) is 3.24. The number of nitrogens with zero attached hydrogens (tertiary/aromatic N) is 1. The van der Waals surface area contributed by atoms with E-state index >= 15 is 0 Å². The number of anilines is 1. The quantitative estimate of drug-likeness (QED) is 0.925. The Morgan fingerprint density at radius 3 is 2.89 bits per heavy atom. The number of amides is 1. The molecule has 6 heteroatoms. The number of hydrogen-bond donors (Lipinski definition) is 1. The number of pyridine rings is 1. The van der Waals surface area contributed by atoms with Crippen LogP contribution in [0.15, 0.2) is 41.0 Å². The molecule has 98 valence electrons. The molecular weight excluding hydrogens is 332 g/mol. The van der Waals surface area contributed by atoms with E-state index in [0.717, 1.165) is 0 Å². The lowest BCUT2D eigenvalue weighted by molar-refractivity contribution is 0.102. The van der Waals surface area contributed by atoms with Gasteiger partial charge in [-0.15, -0.1) is 0 Å². The zero-order valence-corrected chi connectivity index (χ0v) is 12.3. The second kappa shape index (κ2) is 6.04. The molecule has 2 rings (SSSR count). The van der Waals surface area contributed by atoms with Crippen molar-refractivity contribution in [3.8, 4) is 5.88 Å². The van der Waals surface area contributed by atoms with Crippen LogP contribution in [0.25, 0.3) is 0 Å². The Bertz CT molecular complexity index is 619. The predicted octanol–water partition coefficient (Wildman–Crippen LogP) is 3.76. The molecule has 0 aliphatic heterocycles. The van der Waals surface area contributed by atoms with E-state index in [1.165, 1.54) is 7.11 Å². The highest BCUT2D eigenvalue weighted by atomic mass is 79.9. The number of aromatic nitrogens is 1. The van der Waals surface area contributed by atoms with E-state index in [4.69, 9.17) is 16.3 Å². The number of benzene rings is 1. The highest BCUT2D eigenvalue weighted by Crippen LogP contribution is 2.25. The lowest BCUT2D eigenvalue weighted by Gasteiger charge is -2.09. The van der Waals surface area contributed by atoms with Gasteiger partial charge in [0, 0.05) is 16.2 Å². The highest BCUT2D eigenvalue weighted by molar-refractivity contribution is 9.10. The minimum absolute atomic E-state index is 0.260. The molecule has 0 aliphatic rings. The third-order valence-electron chi connectivity index (χ3n) is 2.39. The van der Waals surface area contributed by atoms with Gasteiger partial charge in [-0.05, 0) is 46.3 Å². The summed E-state index contributed by atoms with van der Waals surface area (Å²) >= 11 is 9.16. The van der Waals surface area contributed by atoms with Crippen LogP contribution in [0.4, 0.5) is 5.69 Å². The van der Waals surface area contributed by atoms with E-state index in [9.17, 15) is 4.79 Å². The van der Waals surface area contributed by atoms with Gasteiger partial charge in [-0.1, -0.05) is 11.6 Å². The first kappa shape index (κ1) is 13.8. The summed E-state index contributed by atoms with van der Waals surface area (Å²) in [5.74, 6) is 0.104. The number of ether oxygens (including phenoxy) is 1. The maximum Gasteiger partial charge on any atom is 0.255 e. The molecule has 0 radical (unpaired) electrons. The molecule has 0 spiro atoms. The summed E-state index contributed by atoms with van der Waals surface area (Å²) in [6.45, 7) is 0. The van der Waals surface area contributed by atoms with Crippen molar-refractivity contribution in [1.82, 2.24) is 4.98 Å². The van der Waals surface area contributed by atoms with Gasteiger partial charge in [-0.25, -0.2) is 4.98 Å². The average molecular weight is 342 g/mol. The van der Waals surface area contributed by atoms with Gasteiger partial charge in [0.15, 0.2) is 0 Å². The fourth-order valence-electron chi connectivity index (χ4n) is 1.48. The van der Waals surface area contributed by atoms with Gasteiger partial charge in [-0.3, -0.25) is 4.79 Å². The van der Waals surface area contributed by atoms with Crippen molar-refractivity contribution >= 4 is 39.1 Å². The van der Waals surface area contributed by atoms with Crippen molar-refractivity contribution < 1.29 is 9.53 Å². The molecule has 0 fully saturated rings. The molecule has 1 heterocycles. The Balaban J connectivity index is 2.23. The molecule has 4 nitrogen and oxygen atoms in total. The van der Waals surface area contributed by atoms with Crippen LogP contribution in [0.3, 0.4) is 0 Å². The second-order valence-electron chi connectivity index (χ2n) is 3.64. The summed E-state index contributed by atoms with van der Waals surface area (Å²) in [7, 11) is 1.50. The van der Waals surface area contributed by atoms with Crippen LogP contribution in [-0.4, -0.2) is 18.0 Å². The zero-order valence-electron chi connectivity index (χ0n) is 9.98. The van der Waals surface area contributed by atoms with Crippen LogP contribution in [0.2, 0.25) is 5.02 Å². The van der Waals surface area contributed by atoms with Gasteiger partial charge in [0.2, 0.25) is 5.88 Å². The Morgan fingerprint density at radius 1 is 1.42 bits per heavy atom. The topological polar surface area (TPSA) is 51.2 Å². The number of carbonyl (C=O) groups excluding carboxylic acids is 1. The number of nitrogens with one attached hydrogen (secondary N) is 1. The van der Waals surface area contributed by atoms with Crippen molar-refractivity contribution in [2.24, 2.45) is 0 Å². The monoisotopic (exact) mass is 340 g/mol. The van der Waals surface area contributed by atoms with E-state index in [-0.39, 0.29) is 5.91 Å². The van der Waals surface area contributed by atoms with Crippen LogP contribution in [0.5, 0.6) is 5.88 Å². The van der Waals surface area contributed by atoms with Crippen LogP contribution < -0.4 is 10.1 Å². The van der Waals surface area contributed by atoms with Gasteiger partial charge in [0.25, 0.3) is 5.91 Å². The second-order valence-corrected chi connectivity index (χ2v) is 4.90. The van der Waals surface area contributed by atoms with Crippen LogP contribution in [0, 0.1) is 0 Å². The number of hydrogen-bond acceptors (Lipinski definition) is 3. The fourth-order valence-corrected chi connectivity index (χ4v) is 1.98. The SMILES string of the molecule is COc1ncccc1NC(=O)c1ccc(Cl)c(Br)c1. The number of rotatable bonds is 3. The van der Waals surface area contributed by atoms with Crippen molar-refractivity contribution in [3.63, 3.8) is 0 Å². The molecule has 2 aromatic rings. The van der Waals surface area contributed by atoms with Crippen LogP contribution >= 0.6 is 27.5 Å². The maximum atomic E-state index is 12.1. The van der Waals surface area contributed by atoms with Gasteiger partial charge >= 0.3 is 0 Å². The van der Waals surface area contributed by atoms with E-state index in [1.54, 1.807) is 36.5 Å². The molecule has 0 saturated carbocycles. The van der Waals surface area contributed by atoms with Crippen molar-refractivity contribution in [3.05, 3.63) is 51.6 Å². The van der Waals surface area contributed by atoms with Crippen molar-refractivity contribution in [2.45, 2.75) is 0 Å². The number of halogens is 2. The van der Waals surface area contributed by atoms with E-state index < -0.39 is 0 Å². The summed E-state index contributed by atoms with van der Waals surface area (Å²) in [6.07, 6.45) is 1.59. The molecule has 1 aromatic heterocycles. The van der Waals surface area contributed by atoms with E-state index in [0.29, 0.717) is 26.6 Å². The molecule has 0 atom stereocenters. The first-order valence-electron chi connectivity index (χ1n) is 5.37. The van der Waals surface area contributed by atoms with E-state index in [1.807, 2.05) is 0 Å². The minimum atomic E-state index is -0.260. The summed E-state index contributed by atoms with van der Waals surface area (Å²) in [5, 5.41) is 3.29. The highest BCUT2D eigenvalue weighted by Gasteiger charge is 2.11. The lowest BCUT2D eigenvalue weighted by atomic mass is 10.2. The van der Waals surface area contributed by atoms with Crippen LogP contribution in [-0.2, 0) is 0 Å². The molecule has 1 N–H and O–H groups in total. The van der Waals surface area contributed by atoms with Crippen molar-refractivity contribution in [2.75, 3.05) is 12.4 Å². The van der Waals surface area contributed by atoms with Gasteiger partial charge < -0.3 is 10.1 Å². The minimum Gasteiger partial charge on any atom is -0.480 e. The molecular formula is C13H10BrClN2O2. The molecule has 19 heavy (non-hydrogen) atoms. The first-order chi connectivity index (χ1) is 9.11. The molecule has 0 bridgehead atoms. The predicted molar refractivity (Wildman–Crippen MR) is 77.9 cm³/mol. The van der Waals surface area contributed by atoms with E-state index in [2.05, 4.69) is 26.2 Å². The maximum absolute atomic E-state index is 12.1. The third-order valence-corrected chi connectivity index (χ3v) is 3.61. The normalized spacial score (nSPS) is 10.1. The summed E-state index contributed by atoms with van der Waals surface area (Å²) in [5.41, 5.74) is 1.00. The molecule has 0 unspecified atom stereocenters. The largest absolute Gasteiger partial charge is 0.480 e. The average Bonchev–Trinajstić information content (AvgIpc) is 2.42. The summed E-state index contributed by atoms with van der Waals surface area (Å²) in [4.78, 5) is 16.1.